The van der Waals surface area contributed by atoms with Gasteiger partial charge in [0.1, 0.15) is 17.8 Å². The van der Waals surface area contributed by atoms with Crippen molar-refractivity contribution in [2.45, 2.75) is 0 Å². The number of nitrogens with zero attached hydrogens (tertiary/aromatic N) is 4. The molecule has 0 atom stereocenters. The van der Waals surface area contributed by atoms with Crippen LogP contribution in [0, 0.1) is 32.8 Å². The van der Waals surface area contributed by atoms with Crippen molar-refractivity contribution in [3.8, 4) is 17.8 Å². The molecule has 1 heterocycles. The molecule has 3 rings (SSSR count). The zero-order valence-corrected chi connectivity index (χ0v) is 12.4. The summed E-state index contributed by atoms with van der Waals surface area (Å²) in [5.41, 5.74) is -2.62. The maximum Gasteiger partial charge on any atom is 0.321 e. The summed E-state index contributed by atoms with van der Waals surface area (Å²) in [5, 5.41) is 29.6. The average Bonchev–Trinajstić information content (AvgIpc) is 2.61. The molecule has 2 aromatic carbocycles. The Kier molecular flexibility index (Phi) is 3.60. The Morgan fingerprint density at radius 2 is 1.72 bits per heavy atom. The number of nitro groups is 1. The second-order valence-electron chi connectivity index (χ2n) is 4.98. The van der Waals surface area contributed by atoms with Crippen LogP contribution in [-0.2, 0) is 0 Å². The van der Waals surface area contributed by atoms with Crippen molar-refractivity contribution in [1.29, 1.82) is 10.5 Å². The van der Waals surface area contributed by atoms with Crippen LogP contribution in [0.5, 0.6) is 0 Å². The molecule has 1 N–H and O–H groups in total. The third-order valence-corrected chi connectivity index (χ3v) is 3.58. The molecular weight excluding hydrogens is 326 g/mol. The first kappa shape index (κ1) is 15.6. The van der Waals surface area contributed by atoms with Gasteiger partial charge in [-0.05, 0) is 18.2 Å². The highest BCUT2D eigenvalue weighted by atomic mass is 16.6. The molecule has 0 saturated carbocycles. The van der Waals surface area contributed by atoms with Crippen LogP contribution in [0.25, 0.3) is 16.7 Å². The molecule has 0 radical (unpaired) electrons. The Morgan fingerprint density at radius 1 is 1.08 bits per heavy atom. The summed E-state index contributed by atoms with van der Waals surface area (Å²) in [6, 6.07) is 11.7. The van der Waals surface area contributed by atoms with Crippen LogP contribution in [0.3, 0.4) is 0 Å². The summed E-state index contributed by atoms with van der Waals surface area (Å²) < 4.78 is 0.869. The van der Waals surface area contributed by atoms with E-state index >= 15 is 0 Å². The Bertz CT molecular complexity index is 1240. The summed E-state index contributed by atoms with van der Waals surface area (Å²) in [7, 11) is 0. The maximum absolute atomic E-state index is 12.4. The van der Waals surface area contributed by atoms with Crippen molar-refractivity contribution in [3.05, 3.63) is 78.3 Å². The lowest BCUT2D eigenvalue weighted by Crippen LogP contribution is -2.35. The van der Waals surface area contributed by atoms with Crippen LogP contribution < -0.4 is 11.1 Å². The number of para-hydroxylation sites is 2. The minimum atomic E-state index is -1.03. The van der Waals surface area contributed by atoms with Crippen LogP contribution in [0.1, 0.15) is 11.1 Å². The van der Waals surface area contributed by atoms with Gasteiger partial charge in [0, 0.05) is 6.07 Å². The molecule has 0 amide bonds. The van der Waals surface area contributed by atoms with Crippen LogP contribution >= 0.6 is 0 Å². The van der Waals surface area contributed by atoms with Gasteiger partial charge in [0.15, 0.2) is 0 Å². The third kappa shape index (κ3) is 2.42. The Balaban J connectivity index is 2.56. The molecule has 0 bridgehead atoms. The lowest BCUT2D eigenvalue weighted by molar-refractivity contribution is -0.384. The molecule has 120 valence electrons. The molecule has 9 nitrogen and oxygen atoms in total. The van der Waals surface area contributed by atoms with Crippen molar-refractivity contribution in [2.24, 2.45) is 0 Å². The fraction of sp³-hybridized carbons (Fsp3) is 0. The van der Waals surface area contributed by atoms with Gasteiger partial charge < -0.3 is 4.98 Å². The number of aromatic nitrogens is 2. The van der Waals surface area contributed by atoms with E-state index in [4.69, 9.17) is 10.5 Å². The van der Waals surface area contributed by atoms with Gasteiger partial charge >= 0.3 is 11.1 Å². The zero-order valence-electron chi connectivity index (χ0n) is 12.4. The van der Waals surface area contributed by atoms with E-state index in [2.05, 4.69) is 4.98 Å². The summed E-state index contributed by atoms with van der Waals surface area (Å²) >= 11 is 0. The van der Waals surface area contributed by atoms with Crippen molar-refractivity contribution in [3.63, 3.8) is 0 Å². The molecular formula is C16H7N5O4. The zero-order chi connectivity index (χ0) is 18.1. The van der Waals surface area contributed by atoms with E-state index in [1.54, 1.807) is 24.3 Å². The third-order valence-electron chi connectivity index (χ3n) is 3.58. The number of H-pyrrole nitrogens is 1. The van der Waals surface area contributed by atoms with Crippen LogP contribution in [0.15, 0.2) is 46.0 Å². The fourth-order valence-electron chi connectivity index (χ4n) is 2.49. The number of nitro benzene ring substituents is 1. The standard InChI is InChI=1S/C16H7N5O4/c17-7-9-5-13(14(21(24)25)6-10(9)8-18)20-12-4-2-1-3-11(12)19-15(22)16(20)23/h1-6H,(H,19,22). The molecule has 9 heteroatoms. The number of hydrogen-bond acceptors (Lipinski definition) is 6. The summed E-state index contributed by atoms with van der Waals surface area (Å²) in [4.78, 5) is 37.3. The van der Waals surface area contributed by atoms with E-state index in [0.717, 1.165) is 16.7 Å². The van der Waals surface area contributed by atoms with E-state index in [-0.39, 0.29) is 22.3 Å². The first-order valence-corrected chi connectivity index (χ1v) is 6.85. The number of benzene rings is 2. The molecule has 0 fully saturated rings. The minimum absolute atomic E-state index is 0.139. The molecule has 0 aliphatic carbocycles. The van der Waals surface area contributed by atoms with E-state index in [9.17, 15) is 19.7 Å². The number of hydrogen-bond donors (Lipinski definition) is 1. The molecule has 0 saturated heterocycles. The number of fused-ring (bicyclic) bond motifs is 1. The summed E-state index contributed by atoms with van der Waals surface area (Å²) in [6.07, 6.45) is 0. The fourth-order valence-corrected chi connectivity index (χ4v) is 2.49. The lowest BCUT2D eigenvalue weighted by Gasteiger charge is -2.11. The molecule has 0 unspecified atom stereocenters. The first-order chi connectivity index (χ1) is 12.0. The Morgan fingerprint density at radius 3 is 2.36 bits per heavy atom. The predicted molar refractivity (Wildman–Crippen MR) is 86.3 cm³/mol. The molecule has 0 spiro atoms. The van der Waals surface area contributed by atoms with E-state index in [1.807, 2.05) is 0 Å². The van der Waals surface area contributed by atoms with Gasteiger partial charge in [-0.1, -0.05) is 12.1 Å². The second-order valence-corrected chi connectivity index (χ2v) is 4.98. The lowest BCUT2D eigenvalue weighted by atomic mass is 10.1. The van der Waals surface area contributed by atoms with Gasteiger partial charge in [-0.25, -0.2) is 0 Å². The highest BCUT2D eigenvalue weighted by Crippen LogP contribution is 2.27. The van der Waals surface area contributed by atoms with E-state index in [0.29, 0.717) is 5.52 Å². The van der Waals surface area contributed by atoms with Gasteiger partial charge in [0.2, 0.25) is 0 Å². The number of aromatic amines is 1. The quantitative estimate of drug-likeness (QED) is 0.425. The summed E-state index contributed by atoms with van der Waals surface area (Å²) in [6.45, 7) is 0. The normalized spacial score (nSPS) is 10.2. The molecule has 3 aromatic rings. The number of rotatable bonds is 2. The van der Waals surface area contributed by atoms with Gasteiger partial charge in [-0.15, -0.1) is 0 Å². The first-order valence-electron chi connectivity index (χ1n) is 6.85. The maximum atomic E-state index is 12.4. The molecule has 0 aliphatic rings. The SMILES string of the molecule is N#Cc1cc(-n2c(=O)c(=O)[nH]c3ccccc32)c([N+](=O)[O-])cc1C#N. The predicted octanol–water partition coefficient (Wildman–Crippen LogP) is 1.33. The number of nitriles is 2. The number of nitrogens with one attached hydrogen (secondary N) is 1. The van der Waals surface area contributed by atoms with Gasteiger partial charge in [0.25, 0.3) is 5.69 Å². The van der Waals surface area contributed by atoms with Crippen LogP contribution in [-0.4, -0.2) is 14.5 Å². The van der Waals surface area contributed by atoms with Gasteiger partial charge in [-0.2, -0.15) is 10.5 Å². The van der Waals surface area contributed by atoms with Gasteiger partial charge in [0.05, 0.1) is 27.1 Å². The van der Waals surface area contributed by atoms with Crippen LogP contribution in [0.2, 0.25) is 0 Å². The molecule has 0 aliphatic heterocycles. The smallest absolute Gasteiger partial charge is 0.316 e. The minimum Gasteiger partial charge on any atom is -0.316 e. The van der Waals surface area contributed by atoms with Crippen molar-refractivity contribution in [2.75, 3.05) is 0 Å². The monoisotopic (exact) mass is 333 g/mol. The molecule has 1 aromatic heterocycles. The highest BCUT2D eigenvalue weighted by Gasteiger charge is 2.22. The molecule has 25 heavy (non-hydrogen) atoms. The average molecular weight is 333 g/mol. The van der Waals surface area contributed by atoms with Crippen molar-refractivity contribution >= 4 is 16.7 Å². The van der Waals surface area contributed by atoms with Crippen molar-refractivity contribution < 1.29 is 4.92 Å². The summed E-state index contributed by atoms with van der Waals surface area (Å²) in [5.74, 6) is 0. The van der Waals surface area contributed by atoms with Crippen molar-refractivity contribution in [1.82, 2.24) is 9.55 Å². The largest absolute Gasteiger partial charge is 0.321 e. The van der Waals surface area contributed by atoms with Gasteiger partial charge in [-0.3, -0.25) is 24.3 Å². The Hall–Kier alpha value is -4.24. The van der Waals surface area contributed by atoms with E-state index < -0.39 is 21.7 Å². The topological polar surface area (TPSA) is 146 Å². The van der Waals surface area contributed by atoms with E-state index in [1.165, 1.54) is 12.1 Å². The highest BCUT2D eigenvalue weighted by molar-refractivity contribution is 5.78. The Labute approximate surface area is 138 Å². The second kappa shape index (κ2) is 5.76. The van der Waals surface area contributed by atoms with Crippen LogP contribution in [0.4, 0.5) is 5.69 Å².